The van der Waals surface area contributed by atoms with Gasteiger partial charge >= 0.3 is 0 Å². The molecule has 186 valence electrons. The number of carbonyl (C=O) groups excluding carboxylic acids is 3. The first-order valence-electron chi connectivity index (χ1n) is 12.6. The number of aryl methyl sites for hydroxylation is 1. The highest BCUT2D eigenvalue weighted by atomic mass is 16.5. The Morgan fingerprint density at radius 2 is 1.46 bits per heavy atom. The molecule has 0 aromatic heterocycles. The molecule has 37 heavy (non-hydrogen) atoms. The molecule has 0 spiro atoms. The molecular formula is C31H28N2O4. The molecule has 2 heterocycles. The van der Waals surface area contributed by atoms with E-state index in [1.807, 2.05) is 103 Å². The van der Waals surface area contributed by atoms with Crippen LogP contribution in [0, 0.1) is 30.6 Å². The predicted octanol–water partition coefficient (Wildman–Crippen LogP) is 5.09. The molecule has 3 aliphatic rings. The quantitative estimate of drug-likeness (QED) is 0.283. The summed E-state index contributed by atoms with van der Waals surface area (Å²) in [4.78, 5) is 44.2. The number of allylic oxidation sites excluding steroid dienone is 2. The van der Waals surface area contributed by atoms with Gasteiger partial charge in [0.2, 0.25) is 17.7 Å². The Kier molecular flexibility index (Phi) is 5.67. The number of β-lactam (4-membered cyclic amide) rings is 1. The van der Waals surface area contributed by atoms with Gasteiger partial charge in [0, 0.05) is 11.6 Å². The largest absolute Gasteiger partial charge is 0.497 e. The predicted molar refractivity (Wildman–Crippen MR) is 141 cm³/mol. The number of benzene rings is 3. The number of nitrogens with zero attached hydrogens (tertiary/aromatic N) is 2. The van der Waals surface area contributed by atoms with Gasteiger partial charge < -0.3 is 9.64 Å². The summed E-state index contributed by atoms with van der Waals surface area (Å²) in [5, 5.41) is 0. The van der Waals surface area contributed by atoms with Crippen LogP contribution in [0.25, 0.3) is 0 Å². The third-order valence-electron chi connectivity index (χ3n) is 7.98. The molecule has 0 unspecified atom stereocenters. The van der Waals surface area contributed by atoms with E-state index in [2.05, 4.69) is 0 Å². The molecule has 6 rings (SSSR count). The Morgan fingerprint density at radius 1 is 0.757 bits per heavy atom. The summed E-state index contributed by atoms with van der Waals surface area (Å²) in [7, 11) is 1.62. The second kappa shape index (κ2) is 9.04. The molecule has 1 aliphatic carbocycles. The Labute approximate surface area is 216 Å². The molecule has 3 aromatic rings. The fourth-order valence-corrected chi connectivity index (χ4v) is 6.14. The summed E-state index contributed by atoms with van der Waals surface area (Å²) in [6.07, 6.45) is 4.47. The number of methoxy groups -OCH3 is 1. The zero-order chi connectivity index (χ0) is 25.7. The highest BCUT2D eigenvalue weighted by molar-refractivity contribution is 6.22. The van der Waals surface area contributed by atoms with Gasteiger partial charge in [-0.1, -0.05) is 60.2 Å². The van der Waals surface area contributed by atoms with Crippen molar-refractivity contribution in [2.75, 3.05) is 16.9 Å². The topological polar surface area (TPSA) is 66.9 Å². The highest BCUT2D eigenvalue weighted by Crippen LogP contribution is 2.53. The lowest BCUT2D eigenvalue weighted by Crippen LogP contribution is -2.59. The molecule has 6 nitrogen and oxygen atoms in total. The van der Waals surface area contributed by atoms with Crippen LogP contribution in [-0.2, 0) is 14.4 Å². The third kappa shape index (κ3) is 3.67. The van der Waals surface area contributed by atoms with Crippen LogP contribution in [0.4, 0.5) is 11.4 Å². The number of hydrogen-bond acceptors (Lipinski definition) is 4. The SMILES string of the molecule is COc1ccc([C@@H]2[C@@H]([C@@H]3C=CC[C@@H]4C(=O)N(c5ccc(C)cc5)C(=O)[C@H]34)C(=O)N2c2ccccc2)cc1. The minimum atomic E-state index is -0.563. The molecule has 5 atom stereocenters. The normalized spacial score (nSPS) is 26.8. The van der Waals surface area contributed by atoms with Gasteiger partial charge in [-0.2, -0.15) is 0 Å². The first kappa shape index (κ1) is 23.2. The first-order chi connectivity index (χ1) is 18.0. The number of imide groups is 1. The summed E-state index contributed by atoms with van der Waals surface area (Å²) in [6, 6.07) is 24.5. The number of rotatable bonds is 5. The van der Waals surface area contributed by atoms with Crippen molar-refractivity contribution in [1.82, 2.24) is 0 Å². The molecule has 2 saturated heterocycles. The highest BCUT2D eigenvalue weighted by Gasteiger charge is 2.60. The molecular weight excluding hydrogens is 464 g/mol. The fraction of sp³-hybridized carbons (Fsp3) is 0.258. The van der Waals surface area contributed by atoms with Crippen molar-refractivity contribution >= 4 is 29.1 Å². The first-order valence-corrected chi connectivity index (χ1v) is 12.6. The Bertz CT molecular complexity index is 1380. The second-order valence-electron chi connectivity index (χ2n) is 10.0. The van der Waals surface area contributed by atoms with Crippen molar-refractivity contribution in [2.24, 2.45) is 23.7 Å². The molecule has 0 N–H and O–H groups in total. The van der Waals surface area contributed by atoms with Crippen molar-refractivity contribution < 1.29 is 19.1 Å². The lowest BCUT2D eigenvalue weighted by molar-refractivity contribution is -0.135. The zero-order valence-electron chi connectivity index (χ0n) is 20.8. The maximum atomic E-state index is 13.8. The van der Waals surface area contributed by atoms with Crippen LogP contribution < -0.4 is 14.5 Å². The van der Waals surface area contributed by atoms with E-state index in [1.165, 1.54) is 4.90 Å². The van der Waals surface area contributed by atoms with E-state index < -0.39 is 17.8 Å². The number of carbonyl (C=O) groups is 3. The van der Waals surface area contributed by atoms with E-state index in [0.29, 0.717) is 12.1 Å². The van der Waals surface area contributed by atoms with Gasteiger partial charge in [0.1, 0.15) is 5.75 Å². The number of amides is 3. The molecule has 3 amide bonds. The van der Waals surface area contributed by atoms with Crippen LogP contribution in [0.5, 0.6) is 5.75 Å². The number of ether oxygens (including phenoxy) is 1. The minimum Gasteiger partial charge on any atom is -0.497 e. The number of anilines is 2. The van der Waals surface area contributed by atoms with Crippen LogP contribution in [0.2, 0.25) is 0 Å². The van der Waals surface area contributed by atoms with Crippen LogP contribution in [-0.4, -0.2) is 24.8 Å². The second-order valence-corrected chi connectivity index (χ2v) is 10.0. The van der Waals surface area contributed by atoms with Crippen LogP contribution in [0.15, 0.2) is 91.0 Å². The van der Waals surface area contributed by atoms with Gasteiger partial charge in [-0.05, 0) is 55.3 Å². The number of hydrogen-bond donors (Lipinski definition) is 0. The standard InChI is InChI=1S/C31H28N2O4/c1-19-11-15-22(16-12-19)33-29(34)25-10-6-9-24(26(25)30(33)35)27-28(20-13-17-23(37-2)18-14-20)32(31(27)36)21-7-4-3-5-8-21/h3-9,11-18,24-28H,10H2,1-2H3/t24-,25+,26-,27-,28-/m1/s1. The number of para-hydroxylation sites is 1. The van der Waals surface area contributed by atoms with E-state index in [0.717, 1.165) is 22.6 Å². The third-order valence-corrected chi connectivity index (χ3v) is 7.98. The van der Waals surface area contributed by atoms with Crippen LogP contribution in [0.3, 0.4) is 0 Å². The molecule has 6 heteroatoms. The maximum absolute atomic E-state index is 13.8. The molecule has 3 aromatic carbocycles. The Morgan fingerprint density at radius 3 is 2.14 bits per heavy atom. The lowest BCUT2D eigenvalue weighted by atomic mass is 9.64. The van der Waals surface area contributed by atoms with Gasteiger partial charge in [0.05, 0.1) is 36.6 Å². The van der Waals surface area contributed by atoms with E-state index in [1.54, 1.807) is 7.11 Å². The van der Waals surface area contributed by atoms with Crippen molar-refractivity contribution in [3.63, 3.8) is 0 Å². The van der Waals surface area contributed by atoms with Crippen molar-refractivity contribution in [1.29, 1.82) is 0 Å². The molecule has 2 aliphatic heterocycles. The molecule has 2 fully saturated rings. The monoisotopic (exact) mass is 492 g/mol. The smallest absolute Gasteiger partial charge is 0.238 e. The average Bonchev–Trinajstić information content (AvgIpc) is 3.18. The van der Waals surface area contributed by atoms with Gasteiger partial charge in [-0.15, -0.1) is 0 Å². The fourth-order valence-electron chi connectivity index (χ4n) is 6.14. The van der Waals surface area contributed by atoms with Gasteiger partial charge in [-0.25, -0.2) is 0 Å². The van der Waals surface area contributed by atoms with Crippen molar-refractivity contribution in [2.45, 2.75) is 19.4 Å². The molecule has 0 saturated carbocycles. The van der Waals surface area contributed by atoms with Gasteiger partial charge in [-0.3, -0.25) is 19.3 Å². The maximum Gasteiger partial charge on any atom is 0.238 e. The minimum absolute atomic E-state index is 0.0312. The van der Waals surface area contributed by atoms with E-state index in [9.17, 15) is 14.4 Å². The number of fused-ring (bicyclic) bond motifs is 1. The van der Waals surface area contributed by atoms with E-state index >= 15 is 0 Å². The van der Waals surface area contributed by atoms with Gasteiger partial charge in [0.25, 0.3) is 0 Å². The summed E-state index contributed by atoms with van der Waals surface area (Å²) < 4.78 is 5.34. The van der Waals surface area contributed by atoms with Gasteiger partial charge in [0.15, 0.2) is 0 Å². The van der Waals surface area contributed by atoms with E-state index in [-0.39, 0.29) is 29.7 Å². The average molecular weight is 493 g/mol. The molecule has 0 bridgehead atoms. The van der Waals surface area contributed by atoms with Crippen molar-refractivity contribution in [3.05, 3.63) is 102 Å². The van der Waals surface area contributed by atoms with E-state index in [4.69, 9.17) is 4.74 Å². The van der Waals surface area contributed by atoms with Crippen LogP contribution in [0.1, 0.15) is 23.6 Å². The summed E-state index contributed by atoms with van der Waals surface area (Å²) in [6.45, 7) is 1.97. The lowest BCUT2D eigenvalue weighted by Gasteiger charge is -2.51. The van der Waals surface area contributed by atoms with Crippen molar-refractivity contribution in [3.8, 4) is 5.75 Å². The summed E-state index contributed by atoms with van der Waals surface area (Å²) in [5.41, 5.74) is 3.43. The zero-order valence-corrected chi connectivity index (χ0v) is 20.8. The van der Waals surface area contributed by atoms with Crippen LogP contribution >= 0.6 is 0 Å². The molecule has 0 radical (unpaired) electrons. The summed E-state index contributed by atoms with van der Waals surface area (Å²) in [5.74, 6) is -1.53. The Hall–Kier alpha value is -4.19. The Balaban J connectivity index is 1.38. The summed E-state index contributed by atoms with van der Waals surface area (Å²) >= 11 is 0.